The molecule has 0 bridgehead atoms. The van der Waals surface area contributed by atoms with Gasteiger partial charge in [-0.15, -0.1) is 0 Å². The number of halogens is 1. The van der Waals surface area contributed by atoms with E-state index in [0.717, 1.165) is 0 Å². The first-order valence-corrected chi connectivity index (χ1v) is 4.44. The van der Waals surface area contributed by atoms with Gasteiger partial charge in [-0.05, 0) is 24.3 Å². The highest BCUT2D eigenvalue weighted by molar-refractivity contribution is 6.30. The second kappa shape index (κ2) is 4.28. The molecule has 13 heavy (non-hydrogen) atoms. The lowest BCUT2D eigenvalue weighted by Crippen LogP contribution is -2.14. The van der Waals surface area contributed by atoms with Gasteiger partial charge in [-0.25, -0.2) is 0 Å². The van der Waals surface area contributed by atoms with E-state index in [2.05, 4.69) is 0 Å². The van der Waals surface area contributed by atoms with Crippen molar-refractivity contribution in [1.29, 1.82) is 0 Å². The summed E-state index contributed by atoms with van der Waals surface area (Å²) in [6.07, 6.45) is 0. The fourth-order valence-electron chi connectivity index (χ4n) is 0.737. The van der Waals surface area contributed by atoms with E-state index in [9.17, 15) is 4.79 Å². The van der Waals surface area contributed by atoms with Gasteiger partial charge < -0.3 is 4.74 Å². The highest BCUT2D eigenvalue weighted by atomic mass is 35.5. The Morgan fingerprint density at radius 2 is 1.85 bits per heavy atom. The summed E-state index contributed by atoms with van der Waals surface area (Å²) in [5.74, 6) is 0.182. The Morgan fingerprint density at radius 3 is 2.31 bits per heavy atom. The van der Waals surface area contributed by atoms with Crippen LogP contribution in [0.2, 0.25) is 5.02 Å². The van der Waals surface area contributed by atoms with E-state index in [1.54, 1.807) is 38.1 Å². The lowest BCUT2D eigenvalue weighted by Gasteiger charge is -2.05. The summed E-state index contributed by atoms with van der Waals surface area (Å²) in [5.41, 5.74) is 0. The molecule has 0 aliphatic carbocycles. The SMILES string of the molecule is CC(C)C(=O)Oc1ccc(Cl)cc1. The summed E-state index contributed by atoms with van der Waals surface area (Å²) in [4.78, 5) is 11.1. The van der Waals surface area contributed by atoms with Crippen LogP contribution in [0.1, 0.15) is 13.8 Å². The Kier molecular flexibility index (Phi) is 3.32. The van der Waals surface area contributed by atoms with E-state index in [1.165, 1.54) is 0 Å². The second-order valence-electron chi connectivity index (χ2n) is 3.03. The van der Waals surface area contributed by atoms with Crippen molar-refractivity contribution in [1.82, 2.24) is 0 Å². The Hall–Kier alpha value is -1.02. The minimum absolute atomic E-state index is 0.115. The zero-order valence-corrected chi connectivity index (χ0v) is 8.34. The van der Waals surface area contributed by atoms with Crippen molar-refractivity contribution >= 4 is 17.6 Å². The number of carbonyl (C=O) groups is 1. The molecule has 0 aliphatic heterocycles. The minimum Gasteiger partial charge on any atom is -0.426 e. The second-order valence-corrected chi connectivity index (χ2v) is 3.47. The molecule has 0 N–H and O–H groups in total. The largest absolute Gasteiger partial charge is 0.426 e. The Bertz CT molecular complexity index is 290. The van der Waals surface area contributed by atoms with Crippen LogP contribution in [-0.2, 0) is 4.79 Å². The van der Waals surface area contributed by atoms with E-state index in [4.69, 9.17) is 16.3 Å². The first kappa shape index (κ1) is 10.1. The van der Waals surface area contributed by atoms with Crippen molar-refractivity contribution in [3.05, 3.63) is 29.3 Å². The lowest BCUT2D eigenvalue weighted by molar-refractivity contribution is -0.137. The summed E-state index contributed by atoms with van der Waals surface area (Å²) in [6.45, 7) is 3.58. The molecule has 3 heteroatoms. The molecule has 0 saturated carbocycles. The zero-order chi connectivity index (χ0) is 9.84. The molecule has 1 aromatic rings. The molecule has 0 atom stereocenters. The summed E-state index contributed by atoms with van der Waals surface area (Å²) < 4.78 is 5.03. The van der Waals surface area contributed by atoms with Crippen molar-refractivity contribution < 1.29 is 9.53 Å². The van der Waals surface area contributed by atoms with Gasteiger partial charge >= 0.3 is 5.97 Å². The van der Waals surface area contributed by atoms with Crippen molar-refractivity contribution in [2.24, 2.45) is 5.92 Å². The smallest absolute Gasteiger partial charge is 0.313 e. The molecule has 0 amide bonds. The van der Waals surface area contributed by atoms with Crippen LogP contribution in [0.5, 0.6) is 5.75 Å². The lowest BCUT2D eigenvalue weighted by atomic mass is 10.2. The predicted molar refractivity (Wildman–Crippen MR) is 51.9 cm³/mol. The van der Waals surface area contributed by atoms with Gasteiger partial charge in [0.05, 0.1) is 5.92 Å². The van der Waals surface area contributed by atoms with Gasteiger partial charge in [0.25, 0.3) is 0 Å². The normalized spacial score (nSPS) is 10.2. The molecule has 0 unspecified atom stereocenters. The van der Waals surface area contributed by atoms with Crippen molar-refractivity contribution in [3.63, 3.8) is 0 Å². The number of hydrogen-bond donors (Lipinski definition) is 0. The summed E-state index contributed by atoms with van der Waals surface area (Å²) >= 11 is 5.67. The first-order chi connectivity index (χ1) is 6.09. The van der Waals surface area contributed by atoms with Crippen LogP contribution < -0.4 is 4.74 Å². The van der Waals surface area contributed by atoms with Gasteiger partial charge in [0, 0.05) is 5.02 Å². The van der Waals surface area contributed by atoms with E-state index in [1.807, 2.05) is 0 Å². The number of hydrogen-bond acceptors (Lipinski definition) is 2. The standard InChI is InChI=1S/C10H11ClO2/c1-7(2)10(12)13-9-5-3-8(11)4-6-9/h3-7H,1-2H3. The van der Waals surface area contributed by atoms with Crippen LogP contribution in [-0.4, -0.2) is 5.97 Å². The van der Waals surface area contributed by atoms with Crippen LogP contribution in [0.15, 0.2) is 24.3 Å². The highest BCUT2D eigenvalue weighted by Gasteiger charge is 2.08. The Morgan fingerprint density at radius 1 is 1.31 bits per heavy atom. The summed E-state index contributed by atoms with van der Waals surface area (Å²) in [7, 11) is 0. The molecule has 0 aromatic heterocycles. The maximum Gasteiger partial charge on any atom is 0.313 e. The molecular weight excluding hydrogens is 188 g/mol. The molecule has 0 spiro atoms. The topological polar surface area (TPSA) is 26.3 Å². The van der Waals surface area contributed by atoms with Gasteiger partial charge in [0.2, 0.25) is 0 Å². The van der Waals surface area contributed by atoms with Crippen molar-refractivity contribution in [3.8, 4) is 5.75 Å². The molecule has 1 rings (SSSR count). The van der Waals surface area contributed by atoms with E-state index in [-0.39, 0.29) is 11.9 Å². The maximum atomic E-state index is 11.1. The zero-order valence-electron chi connectivity index (χ0n) is 7.58. The van der Waals surface area contributed by atoms with Crippen molar-refractivity contribution in [2.75, 3.05) is 0 Å². The fourth-order valence-corrected chi connectivity index (χ4v) is 0.863. The quantitative estimate of drug-likeness (QED) is 0.540. The van der Waals surface area contributed by atoms with Gasteiger partial charge in [0.1, 0.15) is 5.75 Å². The van der Waals surface area contributed by atoms with Gasteiger partial charge in [-0.3, -0.25) is 4.79 Å². The summed E-state index contributed by atoms with van der Waals surface area (Å²) in [6, 6.07) is 6.71. The fraction of sp³-hybridized carbons (Fsp3) is 0.300. The first-order valence-electron chi connectivity index (χ1n) is 4.07. The third-order valence-corrected chi connectivity index (χ3v) is 1.76. The molecule has 1 aromatic carbocycles. The third kappa shape index (κ3) is 3.07. The third-order valence-electron chi connectivity index (χ3n) is 1.50. The van der Waals surface area contributed by atoms with Gasteiger partial charge in [-0.2, -0.15) is 0 Å². The predicted octanol–water partition coefficient (Wildman–Crippen LogP) is 2.90. The molecule has 0 radical (unpaired) electrons. The monoisotopic (exact) mass is 198 g/mol. The number of rotatable bonds is 2. The maximum absolute atomic E-state index is 11.1. The summed E-state index contributed by atoms with van der Waals surface area (Å²) in [5, 5.41) is 0.629. The van der Waals surface area contributed by atoms with E-state index < -0.39 is 0 Å². The van der Waals surface area contributed by atoms with E-state index in [0.29, 0.717) is 10.8 Å². The van der Waals surface area contributed by atoms with E-state index >= 15 is 0 Å². The molecular formula is C10H11ClO2. The number of carbonyl (C=O) groups excluding carboxylic acids is 1. The number of ether oxygens (including phenoxy) is 1. The average molecular weight is 199 g/mol. The number of esters is 1. The molecule has 0 heterocycles. The van der Waals surface area contributed by atoms with Crippen LogP contribution in [0.25, 0.3) is 0 Å². The van der Waals surface area contributed by atoms with Gasteiger partial charge in [-0.1, -0.05) is 25.4 Å². The molecule has 2 nitrogen and oxygen atoms in total. The molecule has 0 fully saturated rings. The average Bonchev–Trinajstić information content (AvgIpc) is 2.08. The highest BCUT2D eigenvalue weighted by Crippen LogP contribution is 2.16. The molecule has 70 valence electrons. The minimum atomic E-state index is -0.234. The van der Waals surface area contributed by atoms with Crippen molar-refractivity contribution in [2.45, 2.75) is 13.8 Å². The van der Waals surface area contributed by atoms with Crippen LogP contribution in [0.3, 0.4) is 0 Å². The van der Waals surface area contributed by atoms with Crippen LogP contribution in [0.4, 0.5) is 0 Å². The molecule has 0 saturated heterocycles. The Balaban J connectivity index is 2.65. The molecule has 0 aliphatic rings. The van der Waals surface area contributed by atoms with Gasteiger partial charge in [0.15, 0.2) is 0 Å². The number of benzene rings is 1. The Labute approximate surface area is 82.5 Å². The van der Waals surface area contributed by atoms with Crippen LogP contribution >= 0.6 is 11.6 Å². The van der Waals surface area contributed by atoms with Crippen LogP contribution in [0, 0.1) is 5.92 Å².